The first-order chi connectivity index (χ1) is 10.1. The molecule has 0 amide bonds. The lowest BCUT2D eigenvalue weighted by Crippen LogP contribution is -2.17. The zero-order valence-corrected chi connectivity index (χ0v) is 13.6. The third-order valence-electron chi connectivity index (χ3n) is 5.31. The van der Waals surface area contributed by atoms with E-state index in [-0.39, 0.29) is 0 Å². The lowest BCUT2D eigenvalue weighted by molar-refractivity contribution is 0.597. The molecule has 0 radical (unpaired) electrons. The van der Waals surface area contributed by atoms with Gasteiger partial charge in [-0.2, -0.15) is 0 Å². The zero-order valence-electron chi connectivity index (χ0n) is 13.6. The molecule has 21 heavy (non-hydrogen) atoms. The van der Waals surface area contributed by atoms with Crippen molar-refractivity contribution < 1.29 is 0 Å². The first-order valence-electron chi connectivity index (χ1n) is 8.32. The molecular formula is C20H27N. The standard InChI is InChI=1S/C20H27N/c1-14-7-9-17(10-8-14)18-11-12-19(13-18)21-20-6-4-5-15(2)16(20)3/h4-7,9,18-19,21H,8,10-13H2,1-3H3. The average molecular weight is 281 g/mol. The van der Waals surface area contributed by atoms with Crippen LogP contribution >= 0.6 is 0 Å². The van der Waals surface area contributed by atoms with Gasteiger partial charge in [-0.05, 0) is 76.0 Å². The molecule has 0 heterocycles. The van der Waals surface area contributed by atoms with Crippen LogP contribution in [0.2, 0.25) is 0 Å². The van der Waals surface area contributed by atoms with E-state index in [4.69, 9.17) is 0 Å². The van der Waals surface area contributed by atoms with Gasteiger partial charge in [0.2, 0.25) is 0 Å². The number of benzene rings is 1. The molecular weight excluding hydrogens is 254 g/mol. The van der Waals surface area contributed by atoms with Crippen LogP contribution < -0.4 is 5.32 Å². The second-order valence-corrected chi connectivity index (χ2v) is 6.85. The highest BCUT2D eigenvalue weighted by molar-refractivity contribution is 5.54. The minimum absolute atomic E-state index is 0.642. The van der Waals surface area contributed by atoms with Crippen LogP contribution in [0.1, 0.15) is 50.2 Å². The second kappa shape index (κ2) is 6.09. The van der Waals surface area contributed by atoms with E-state index in [1.807, 2.05) is 0 Å². The van der Waals surface area contributed by atoms with Gasteiger partial charge in [-0.3, -0.25) is 0 Å². The Hall–Kier alpha value is -1.50. The van der Waals surface area contributed by atoms with Crippen LogP contribution in [0.3, 0.4) is 0 Å². The van der Waals surface area contributed by atoms with Crippen molar-refractivity contribution in [2.24, 2.45) is 5.92 Å². The summed E-state index contributed by atoms with van der Waals surface area (Å²) in [4.78, 5) is 0. The number of allylic oxidation sites excluding steroid dienone is 4. The van der Waals surface area contributed by atoms with Gasteiger partial charge in [-0.15, -0.1) is 0 Å². The van der Waals surface area contributed by atoms with Gasteiger partial charge in [0.05, 0.1) is 0 Å². The molecule has 2 aliphatic rings. The first-order valence-corrected chi connectivity index (χ1v) is 8.32. The van der Waals surface area contributed by atoms with Crippen molar-refractivity contribution in [3.63, 3.8) is 0 Å². The Labute approximate surface area is 129 Å². The number of hydrogen-bond acceptors (Lipinski definition) is 1. The highest BCUT2D eigenvalue weighted by atomic mass is 14.9. The van der Waals surface area contributed by atoms with Crippen LogP contribution in [0.5, 0.6) is 0 Å². The van der Waals surface area contributed by atoms with Gasteiger partial charge in [0.1, 0.15) is 0 Å². The van der Waals surface area contributed by atoms with Crippen LogP contribution in [0.25, 0.3) is 0 Å². The van der Waals surface area contributed by atoms with Crippen molar-refractivity contribution in [1.82, 2.24) is 0 Å². The summed E-state index contributed by atoms with van der Waals surface area (Å²) in [6.07, 6.45) is 11.2. The first kappa shape index (κ1) is 14.4. The smallest absolute Gasteiger partial charge is 0.0374 e. The molecule has 1 nitrogen and oxygen atoms in total. The molecule has 1 saturated carbocycles. The topological polar surface area (TPSA) is 12.0 Å². The van der Waals surface area contributed by atoms with Crippen molar-refractivity contribution in [2.75, 3.05) is 5.32 Å². The maximum atomic E-state index is 3.79. The van der Waals surface area contributed by atoms with Gasteiger partial charge in [0.15, 0.2) is 0 Å². The minimum Gasteiger partial charge on any atom is -0.382 e. The van der Waals surface area contributed by atoms with Gasteiger partial charge in [0, 0.05) is 11.7 Å². The Morgan fingerprint density at radius 3 is 2.62 bits per heavy atom. The molecule has 1 N–H and O–H groups in total. The summed E-state index contributed by atoms with van der Waals surface area (Å²) in [5.41, 5.74) is 7.32. The molecule has 0 saturated heterocycles. The Balaban J connectivity index is 1.64. The summed E-state index contributed by atoms with van der Waals surface area (Å²) in [6.45, 7) is 6.66. The van der Waals surface area contributed by atoms with Crippen LogP contribution in [0.15, 0.2) is 41.5 Å². The number of rotatable bonds is 3. The lowest BCUT2D eigenvalue weighted by atomic mass is 9.88. The number of nitrogens with one attached hydrogen (secondary N) is 1. The highest BCUT2D eigenvalue weighted by Crippen LogP contribution is 2.37. The van der Waals surface area contributed by atoms with Crippen molar-refractivity contribution in [3.8, 4) is 0 Å². The fourth-order valence-electron chi connectivity index (χ4n) is 3.67. The Morgan fingerprint density at radius 2 is 1.86 bits per heavy atom. The molecule has 1 aromatic rings. The lowest BCUT2D eigenvalue weighted by Gasteiger charge is -2.20. The summed E-state index contributed by atoms with van der Waals surface area (Å²) in [7, 11) is 0. The van der Waals surface area contributed by atoms with Crippen LogP contribution in [0, 0.1) is 19.8 Å². The van der Waals surface area contributed by atoms with Crippen LogP contribution in [-0.4, -0.2) is 6.04 Å². The quantitative estimate of drug-likeness (QED) is 0.766. The van der Waals surface area contributed by atoms with Gasteiger partial charge in [-0.25, -0.2) is 0 Å². The van der Waals surface area contributed by atoms with Crippen molar-refractivity contribution >= 4 is 5.69 Å². The van der Waals surface area contributed by atoms with Gasteiger partial charge in [0.25, 0.3) is 0 Å². The molecule has 2 unspecified atom stereocenters. The van der Waals surface area contributed by atoms with Gasteiger partial charge < -0.3 is 5.32 Å². The summed E-state index contributed by atoms with van der Waals surface area (Å²) >= 11 is 0. The molecule has 112 valence electrons. The van der Waals surface area contributed by atoms with Crippen molar-refractivity contribution in [3.05, 3.63) is 52.6 Å². The van der Waals surface area contributed by atoms with Crippen LogP contribution in [0.4, 0.5) is 5.69 Å². The summed E-state index contributed by atoms with van der Waals surface area (Å²) in [6, 6.07) is 7.22. The fraction of sp³-hybridized carbons (Fsp3) is 0.500. The summed E-state index contributed by atoms with van der Waals surface area (Å²) in [5, 5.41) is 3.79. The molecule has 1 fully saturated rings. The molecule has 1 aromatic carbocycles. The molecule has 0 bridgehead atoms. The number of hydrogen-bond donors (Lipinski definition) is 1. The average Bonchev–Trinajstić information content (AvgIpc) is 2.93. The Morgan fingerprint density at radius 1 is 1.00 bits per heavy atom. The molecule has 2 atom stereocenters. The monoisotopic (exact) mass is 281 g/mol. The maximum absolute atomic E-state index is 3.79. The summed E-state index contributed by atoms with van der Waals surface area (Å²) < 4.78 is 0. The highest BCUT2D eigenvalue weighted by Gasteiger charge is 2.27. The summed E-state index contributed by atoms with van der Waals surface area (Å²) in [5.74, 6) is 0.803. The number of anilines is 1. The van der Waals surface area contributed by atoms with Crippen LogP contribution in [-0.2, 0) is 0 Å². The third-order valence-corrected chi connectivity index (χ3v) is 5.31. The Bertz CT molecular complexity index is 580. The predicted octanol–water partition coefficient (Wildman–Crippen LogP) is 5.55. The Kier molecular flexibility index (Phi) is 4.19. The van der Waals surface area contributed by atoms with Crippen molar-refractivity contribution in [2.45, 2.75) is 58.9 Å². The van der Waals surface area contributed by atoms with E-state index in [2.05, 4.69) is 56.4 Å². The van der Waals surface area contributed by atoms with E-state index < -0.39 is 0 Å². The number of aryl methyl sites for hydroxylation is 1. The van der Waals surface area contributed by atoms with E-state index in [1.165, 1.54) is 54.5 Å². The molecule has 0 spiro atoms. The third kappa shape index (κ3) is 3.23. The SMILES string of the molecule is CC1=CC=C(C2CCC(Nc3cccc(C)c3C)C2)CC1. The van der Waals surface area contributed by atoms with Gasteiger partial charge in [-0.1, -0.05) is 35.4 Å². The van der Waals surface area contributed by atoms with E-state index >= 15 is 0 Å². The van der Waals surface area contributed by atoms with Gasteiger partial charge >= 0.3 is 0 Å². The zero-order chi connectivity index (χ0) is 14.8. The van der Waals surface area contributed by atoms with E-state index in [9.17, 15) is 0 Å². The largest absolute Gasteiger partial charge is 0.382 e. The molecule has 2 aliphatic carbocycles. The van der Waals surface area contributed by atoms with E-state index in [0.717, 1.165) is 5.92 Å². The molecule has 0 aromatic heterocycles. The van der Waals surface area contributed by atoms with Crippen molar-refractivity contribution in [1.29, 1.82) is 0 Å². The maximum Gasteiger partial charge on any atom is 0.0374 e. The minimum atomic E-state index is 0.642. The van der Waals surface area contributed by atoms with E-state index in [0.29, 0.717) is 6.04 Å². The fourth-order valence-corrected chi connectivity index (χ4v) is 3.67. The molecule has 1 heteroatoms. The molecule has 0 aliphatic heterocycles. The van der Waals surface area contributed by atoms with E-state index in [1.54, 1.807) is 5.57 Å². The second-order valence-electron chi connectivity index (χ2n) is 6.85. The normalized spacial score (nSPS) is 25.5. The molecule has 3 rings (SSSR count). The predicted molar refractivity (Wildman–Crippen MR) is 91.7 cm³/mol.